The van der Waals surface area contributed by atoms with Crippen molar-refractivity contribution in [1.82, 2.24) is 0 Å². The monoisotopic (exact) mass is 294 g/mol. The standard InChI is InChI=1S/C11H15ClO3S2/c1-15-10-4-3-9(11(12)7-10)8-16-5-6-17(2,13)14/h3-4,7H,5-6,8H2,1-2H3. The van der Waals surface area contributed by atoms with Gasteiger partial charge in [-0.2, -0.15) is 11.8 Å². The summed E-state index contributed by atoms with van der Waals surface area (Å²) in [7, 11) is -1.28. The topological polar surface area (TPSA) is 43.4 Å². The van der Waals surface area contributed by atoms with Gasteiger partial charge >= 0.3 is 0 Å². The van der Waals surface area contributed by atoms with Crippen molar-refractivity contribution < 1.29 is 13.2 Å². The largest absolute Gasteiger partial charge is 0.497 e. The molecule has 0 aliphatic rings. The van der Waals surface area contributed by atoms with Crippen LogP contribution in [-0.2, 0) is 15.6 Å². The van der Waals surface area contributed by atoms with Crippen LogP contribution in [0.4, 0.5) is 0 Å². The van der Waals surface area contributed by atoms with E-state index in [2.05, 4.69) is 0 Å². The molecular formula is C11H15ClO3S2. The second kappa shape index (κ2) is 6.52. The highest BCUT2D eigenvalue weighted by molar-refractivity contribution is 7.99. The van der Waals surface area contributed by atoms with Crippen LogP contribution in [0, 0.1) is 0 Å². The molecule has 0 saturated carbocycles. The highest BCUT2D eigenvalue weighted by Crippen LogP contribution is 2.25. The Morgan fingerprint density at radius 2 is 2.12 bits per heavy atom. The van der Waals surface area contributed by atoms with Crippen LogP contribution in [0.5, 0.6) is 5.75 Å². The van der Waals surface area contributed by atoms with Gasteiger partial charge in [-0.3, -0.25) is 0 Å². The molecule has 1 aromatic carbocycles. The molecule has 0 spiro atoms. The van der Waals surface area contributed by atoms with E-state index in [4.69, 9.17) is 16.3 Å². The number of sulfone groups is 1. The Morgan fingerprint density at radius 3 is 2.65 bits per heavy atom. The highest BCUT2D eigenvalue weighted by atomic mass is 35.5. The van der Waals surface area contributed by atoms with E-state index >= 15 is 0 Å². The second-order valence-electron chi connectivity index (χ2n) is 3.64. The van der Waals surface area contributed by atoms with Crippen molar-refractivity contribution in [2.45, 2.75) is 5.75 Å². The summed E-state index contributed by atoms with van der Waals surface area (Å²) in [5.74, 6) is 2.21. The summed E-state index contributed by atoms with van der Waals surface area (Å²) >= 11 is 7.62. The quantitative estimate of drug-likeness (QED) is 0.757. The van der Waals surface area contributed by atoms with Crippen molar-refractivity contribution in [3.8, 4) is 5.75 Å². The maximum Gasteiger partial charge on any atom is 0.148 e. The first-order valence-electron chi connectivity index (χ1n) is 5.00. The van der Waals surface area contributed by atoms with Gasteiger partial charge in [-0.15, -0.1) is 0 Å². The summed E-state index contributed by atoms with van der Waals surface area (Å²) in [4.78, 5) is 0. The predicted octanol–water partition coefficient (Wildman–Crippen LogP) is 2.63. The SMILES string of the molecule is COc1ccc(CSCCS(C)(=O)=O)c(Cl)c1. The Labute approximate surface area is 111 Å². The Balaban J connectivity index is 2.47. The van der Waals surface area contributed by atoms with Gasteiger partial charge in [0.1, 0.15) is 15.6 Å². The minimum absolute atomic E-state index is 0.200. The van der Waals surface area contributed by atoms with Crippen molar-refractivity contribution >= 4 is 33.2 Å². The van der Waals surface area contributed by atoms with Gasteiger partial charge in [0.2, 0.25) is 0 Å². The number of hydrogen-bond donors (Lipinski definition) is 0. The van der Waals surface area contributed by atoms with Crippen molar-refractivity contribution in [1.29, 1.82) is 0 Å². The summed E-state index contributed by atoms with van der Waals surface area (Å²) in [6, 6.07) is 5.50. The fourth-order valence-corrected chi connectivity index (χ4v) is 3.78. The van der Waals surface area contributed by atoms with Crippen molar-refractivity contribution in [2.75, 3.05) is 24.9 Å². The zero-order valence-corrected chi connectivity index (χ0v) is 12.2. The summed E-state index contributed by atoms with van der Waals surface area (Å²) < 4.78 is 26.9. The van der Waals surface area contributed by atoms with Crippen LogP contribution in [0.2, 0.25) is 5.02 Å². The zero-order valence-electron chi connectivity index (χ0n) is 9.77. The highest BCUT2D eigenvalue weighted by Gasteiger charge is 2.05. The van der Waals surface area contributed by atoms with Crippen LogP contribution in [0.1, 0.15) is 5.56 Å². The van der Waals surface area contributed by atoms with Crippen molar-refractivity contribution in [2.24, 2.45) is 0 Å². The molecule has 0 saturated heterocycles. The smallest absolute Gasteiger partial charge is 0.148 e. The minimum Gasteiger partial charge on any atom is -0.497 e. The van der Waals surface area contributed by atoms with Crippen LogP contribution in [0.3, 0.4) is 0 Å². The van der Waals surface area contributed by atoms with Crippen molar-refractivity contribution in [3.63, 3.8) is 0 Å². The number of rotatable bonds is 6. The van der Waals surface area contributed by atoms with E-state index in [9.17, 15) is 8.42 Å². The summed E-state index contributed by atoms with van der Waals surface area (Å²) in [5, 5.41) is 0.649. The second-order valence-corrected chi connectivity index (χ2v) is 7.41. The molecule has 0 bridgehead atoms. The van der Waals surface area contributed by atoms with E-state index in [1.165, 1.54) is 6.26 Å². The fraction of sp³-hybridized carbons (Fsp3) is 0.455. The molecular weight excluding hydrogens is 280 g/mol. The maximum absolute atomic E-state index is 10.9. The van der Waals surface area contributed by atoms with E-state index in [1.807, 2.05) is 12.1 Å². The molecule has 3 nitrogen and oxygen atoms in total. The lowest BCUT2D eigenvalue weighted by Crippen LogP contribution is -2.05. The van der Waals surface area contributed by atoms with Crippen LogP contribution >= 0.6 is 23.4 Å². The lowest BCUT2D eigenvalue weighted by molar-refractivity contribution is 0.414. The molecule has 1 aromatic rings. The molecule has 0 N–H and O–H groups in total. The van der Waals surface area contributed by atoms with E-state index in [1.54, 1.807) is 24.9 Å². The summed E-state index contributed by atoms with van der Waals surface area (Å²) in [5.41, 5.74) is 0.992. The van der Waals surface area contributed by atoms with Gasteiger partial charge in [-0.1, -0.05) is 17.7 Å². The van der Waals surface area contributed by atoms with Gasteiger partial charge in [0, 0.05) is 22.8 Å². The van der Waals surface area contributed by atoms with Gasteiger partial charge in [0.15, 0.2) is 0 Å². The average Bonchev–Trinajstić information content (AvgIpc) is 2.24. The molecule has 1 rings (SSSR count). The van der Waals surface area contributed by atoms with Crippen LogP contribution in [0.25, 0.3) is 0 Å². The number of methoxy groups -OCH3 is 1. The molecule has 0 radical (unpaired) electrons. The molecule has 0 amide bonds. The number of hydrogen-bond acceptors (Lipinski definition) is 4. The summed E-state index contributed by atoms with van der Waals surface area (Å²) in [6.07, 6.45) is 1.24. The molecule has 0 heterocycles. The van der Waals surface area contributed by atoms with E-state index in [0.29, 0.717) is 16.5 Å². The van der Waals surface area contributed by atoms with E-state index < -0.39 is 9.84 Å². The zero-order chi connectivity index (χ0) is 12.9. The van der Waals surface area contributed by atoms with Gasteiger partial charge in [-0.05, 0) is 17.7 Å². The molecule has 6 heteroatoms. The third kappa shape index (κ3) is 5.66. The number of halogens is 1. The van der Waals surface area contributed by atoms with Gasteiger partial charge in [0.05, 0.1) is 12.9 Å². The Hall–Kier alpha value is -0.390. The maximum atomic E-state index is 10.9. The third-order valence-electron chi connectivity index (χ3n) is 2.12. The minimum atomic E-state index is -2.87. The molecule has 17 heavy (non-hydrogen) atoms. The molecule has 0 fully saturated rings. The average molecular weight is 295 g/mol. The first kappa shape index (κ1) is 14.7. The predicted molar refractivity (Wildman–Crippen MR) is 73.9 cm³/mol. The Bertz CT molecular complexity index is 472. The lowest BCUT2D eigenvalue weighted by atomic mass is 10.2. The molecule has 0 aromatic heterocycles. The third-order valence-corrected chi connectivity index (χ3v) is 4.68. The van der Waals surface area contributed by atoms with Gasteiger partial charge in [-0.25, -0.2) is 8.42 Å². The van der Waals surface area contributed by atoms with Crippen LogP contribution in [0.15, 0.2) is 18.2 Å². The first-order valence-corrected chi connectivity index (χ1v) is 8.59. The number of benzene rings is 1. The normalized spacial score (nSPS) is 11.5. The number of ether oxygens (including phenoxy) is 1. The van der Waals surface area contributed by atoms with Gasteiger partial charge in [0.25, 0.3) is 0 Å². The lowest BCUT2D eigenvalue weighted by Gasteiger charge is -2.06. The molecule has 0 atom stereocenters. The van der Waals surface area contributed by atoms with E-state index in [-0.39, 0.29) is 5.75 Å². The fourth-order valence-electron chi connectivity index (χ4n) is 1.16. The van der Waals surface area contributed by atoms with Gasteiger partial charge < -0.3 is 4.74 Å². The molecule has 0 unspecified atom stereocenters. The van der Waals surface area contributed by atoms with Crippen molar-refractivity contribution in [3.05, 3.63) is 28.8 Å². The Kier molecular flexibility index (Phi) is 5.62. The summed E-state index contributed by atoms with van der Waals surface area (Å²) in [6.45, 7) is 0. The van der Waals surface area contributed by atoms with E-state index in [0.717, 1.165) is 11.3 Å². The first-order chi connectivity index (χ1) is 7.92. The molecule has 96 valence electrons. The van der Waals surface area contributed by atoms with Crippen LogP contribution in [-0.4, -0.2) is 33.3 Å². The Morgan fingerprint density at radius 1 is 1.41 bits per heavy atom. The number of thioether (sulfide) groups is 1. The molecule has 0 aliphatic heterocycles. The molecule has 0 aliphatic carbocycles. The van der Waals surface area contributed by atoms with Crippen LogP contribution < -0.4 is 4.74 Å².